The average Bonchev–Trinajstić information content (AvgIpc) is 3.47. The van der Waals surface area contributed by atoms with Crippen molar-refractivity contribution in [2.24, 2.45) is 5.92 Å². The number of rotatable bonds is 7. The summed E-state index contributed by atoms with van der Waals surface area (Å²) >= 11 is 0. The fourth-order valence-electron chi connectivity index (χ4n) is 5.41. The first-order valence-corrected chi connectivity index (χ1v) is 12.8. The number of nitrogens with zero attached hydrogens (tertiary/aromatic N) is 2. The lowest BCUT2D eigenvalue weighted by Gasteiger charge is -2.37. The van der Waals surface area contributed by atoms with Crippen molar-refractivity contribution in [3.8, 4) is 0 Å². The molecule has 7 N–H and O–H groups in total. The Hall–Kier alpha value is -2.91. The van der Waals surface area contributed by atoms with E-state index in [9.17, 15) is 45.0 Å². The van der Waals surface area contributed by atoms with Gasteiger partial charge in [-0.2, -0.15) is 0 Å². The van der Waals surface area contributed by atoms with Crippen molar-refractivity contribution in [3.63, 3.8) is 0 Å². The molecular weight excluding hydrogens is 514 g/mol. The third-order valence-corrected chi connectivity index (χ3v) is 7.80. The van der Waals surface area contributed by atoms with Gasteiger partial charge in [0, 0.05) is 37.2 Å². The molecule has 0 saturated carbocycles. The highest BCUT2D eigenvalue weighted by Gasteiger charge is 2.52. The van der Waals surface area contributed by atoms with Gasteiger partial charge in [0.05, 0.1) is 18.3 Å². The normalized spacial score (nSPS) is 33.5. The lowest BCUT2D eigenvalue weighted by atomic mass is 9.82. The maximum atomic E-state index is 13.2. The van der Waals surface area contributed by atoms with Gasteiger partial charge in [0.25, 0.3) is 11.8 Å². The zero-order chi connectivity index (χ0) is 28.6. The van der Waals surface area contributed by atoms with Crippen molar-refractivity contribution >= 4 is 29.1 Å². The Bertz CT molecular complexity index is 1140. The number of likely N-dealkylation sites (tertiary alicyclic amines) is 1. The van der Waals surface area contributed by atoms with Crippen LogP contribution < -0.4 is 10.2 Å². The van der Waals surface area contributed by atoms with Crippen LogP contribution >= 0.6 is 0 Å². The highest BCUT2D eigenvalue weighted by Crippen LogP contribution is 2.45. The van der Waals surface area contributed by atoms with Crippen LogP contribution in [0, 0.1) is 5.92 Å². The van der Waals surface area contributed by atoms with Gasteiger partial charge in [-0.05, 0) is 31.0 Å². The second-order valence-corrected chi connectivity index (χ2v) is 10.3. The van der Waals surface area contributed by atoms with Crippen LogP contribution in [-0.2, 0) is 24.7 Å². The minimum absolute atomic E-state index is 0.0417. The quantitative estimate of drug-likeness (QED) is 0.190. The largest absolute Gasteiger partial charge is 0.394 e. The van der Waals surface area contributed by atoms with Crippen molar-refractivity contribution < 1.29 is 49.8 Å². The van der Waals surface area contributed by atoms with Crippen molar-refractivity contribution in [1.29, 1.82) is 0 Å². The Morgan fingerprint density at radius 3 is 2.62 bits per heavy atom. The number of anilines is 2. The maximum Gasteiger partial charge on any atom is 0.264 e. The van der Waals surface area contributed by atoms with E-state index in [1.165, 1.54) is 30.1 Å². The van der Waals surface area contributed by atoms with E-state index in [-0.39, 0.29) is 36.2 Å². The fourth-order valence-corrected chi connectivity index (χ4v) is 5.41. The summed E-state index contributed by atoms with van der Waals surface area (Å²) < 4.78 is 4.95. The molecule has 3 aliphatic heterocycles. The smallest absolute Gasteiger partial charge is 0.264 e. The SMILES string of the molecule is C[C@@H](/C=C/CC(=O)N1CCC[C@H]1CO)[C@]1(O)C(=O)N(C)c2ccc(NC(=O)[C@H]3O[C@@H](O)[C@H](O)[C@@H](O)[C@@H]3O)cc21. The van der Waals surface area contributed by atoms with Crippen molar-refractivity contribution in [1.82, 2.24) is 4.90 Å². The Balaban J connectivity index is 1.50. The molecule has 13 heteroatoms. The van der Waals surface area contributed by atoms with E-state index in [4.69, 9.17) is 4.74 Å². The highest BCUT2D eigenvalue weighted by molar-refractivity contribution is 6.07. The molecule has 13 nitrogen and oxygen atoms in total. The van der Waals surface area contributed by atoms with E-state index >= 15 is 0 Å². The monoisotopic (exact) mass is 549 g/mol. The van der Waals surface area contributed by atoms with E-state index in [0.29, 0.717) is 12.2 Å². The minimum Gasteiger partial charge on any atom is -0.394 e. The minimum atomic E-state index is -2.01. The number of fused-ring (bicyclic) bond motifs is 1. The van der Waals surface area contributed by atoms with Crippen LogP contribution in [0.4, 0.5) is 11.4 Å². The predicted octanol–water partition coefficient (Wildman–Crippen LogP) is -1.85. The highest BCUT2D eigenvalue weighted by atomic mass is 16.6. The van der Waals surface area contributed by atoms with Crippen molar-refractivity contribution in [2.75, 3.05) is 30.4 Å². The Morgan fingerprint density at radius 1 is 1.21 bits per heavy atom. The molecule has 2 fully saturated rings. The first-order valence-electron chi connectivity index (χ1n) is 12.8. The summed E-state index contributed by atoms with van der Waals surface area (Å²) in [6, 6.07) is 4.19. The number of ether oxygens (including phenoxy) is 1. The summed E-state index contributed by atoms with van der Waals surface area (Å²) in [6.45, 7) is 2.10. The molecule has 0 aliphatic carbocycles. The van der Waals surface area contributed by atoms with Crippen LogP contribution in [0.5, 0.6) is 0 Å². The van der Waals surface area contributed by atoms with Crippen LogP contribution in [0.2, 0.25) is 0 Å². The number of carbonyl (C=O) groups is 3. The van der Waals surface area contributed by atoms with E-state index in [1.54, 1.807) is 24.0 Å². The Labute approximate surface area is 224 Å². The van der Waals surface area contributed by atoms with Crippen molar-refractivity contribution in [2.45, 2.75) is 68.5 Å². The zero-order valence-corrected chi connectivity index (χ0v) is 21.7. The molecule has 1 aromatic carbocycles. The van der Waals surface area contributed by atoms with Gasteiger partial charge in [0.1, 0.15) is 18.3 Å². The number of aliphatic hydroxyl groups is 6. The predicted molar refractivity (Wildman–Crippen MR) is 136 cm³/mol. The van der Waals surface area contributed by atoms with Crippen molar-refractivity contribution in [3.05, 3.63) is 35.9 Å². The molecule has 3 amide bonds. The first kappa shape index (κ1) is 29.1. The standard InChI is InChI=1S/C26H35N3O10/c1-13(5-3-7-18(31)29-10-4-6-15(29)12-30)26(38)16-11-14(8-9-17(16)28(2)25(26)37)27-23(35)22-20(33)19(32)21(34)24(36)39-22/h3,5,8-9,11,13,15,19-22,24,30,32-34,36,38H,4,6-7,10,12H2,1-2H3,(H,27,35)/b5-3+/t13-,15-,19-,20-,21+,22-,24+,26+/m0/s1. The number of likely N-dealkylation sites (N-methyl/N-ethyl adjacent to an activating group) is 1. The van der Waals surface area contributed by atoms with E-state index < -0.39 is 54.0 Å². The topological polar surface area (TPSA) is 200 Å². The average molecular weight is 550 g/mol. The maximum absolute atomic E-state index is 13.2. The summed E-state index contributed by atoms with van der Waals surface area (Å²) in [4.78, 5) is 41.4. The summed E-state index contributed by atoms with van der Waals surface area (Å²) in [5.74, 6) is -2.45. The van der Waals surface area contributed by atoms with Gasteiger partial charge < -0.3 is 50.5 Å². The molecule has 39 heavy (non-hydrogen) atoms. The molecule has 0 unspecified atom stereocenters. The fraction of sp³-hybridized carbons (Fsp3) is 0.577. The second kappa shape index (κ2) is 11.3. The van der Waals surface area contributed by atoms with Gasteiger partial charge in [-0.1, -0.05) is 19.1 Å². The van der Waals surface area contributed by atoms with E-state index in [0.717, 1.165) is 12.8 Å². The molecule has 0 spiro atoms. The van der Waals surface area contributed by atoms with E-state index in [1.807, 2.05) is 0 Å². The molecule has 3 heterocycles. The summed E-state index contributed by atoms with van der Waals surface area (Å²) in [6.07, 6.45) is -4.25. The molecule has 3 aliphatic rings. The number of benzene rings is 1. The summed E-state index contributed by atoms with van der Waals surface area (Å²) in [7, 11) is 1.50. The van der Waals surface area contributed by atoms with E-state index in [2.05, 4.69) is 5.32 Å². The lowest BCUT2D eigenvalue weighted by molar-refractivity contribution is -0.274. The number of carbonyl (C=O) groups excluding carboxylic acids is 3. The van der Waals surface area contributed by atoms with Gasteiger partial charge in [-0.3, -0.25) is 14.4 Å². The summed E-state index contributed by atoms with van der Waals surface area (Å²) in [5, 5.41) is 62.9. The molecule has 0 bridgehead atoms. The van der Waals surface area contributed by atoms with Gasteiger partial charge in [0.15, 0.2) is 18.0 Å². The third kappa shape index (κ3) is 5.18. The number of amides is 3. The van der Waals surface area contributed by atoms with Crippen LogP contribution in [0.3, 0.4) is 0 Å². The lowest BCUT2D eigenvalue weighted by Crippen LogP contribution is -2.60. The molecule has 4 rings (SSSR count). The summed E-state index contributed by atoms with van der Waals surface area (Å²) in [5.41, 5.74) is -1.26. The Morgan fingerprint density at radius 2 is 1.92 bits per heavy atom. The number of aliphatic hydroxyl groups excluding tert-OH is 5. The van der Waals surface area contributed by atoms with Gasteiger partial charge in [-0.25, -0.2) is 0 Å². The van der Waals surface area contributed by atoms with Gasteiger partial charge in [-0.15, -0.1) is 0 Å². The molecule has 0 aromatic heterocycles. The number of hydrogen-bond donors (Lipinski definition) is 7. The van der Waals surface area contributed by atoms with Gasteiger partial charge >= 0.3 is 0 Å². The van der Waals surface area contributed by atoms with Crippen LogP contribution in [-0.4, -0.2) is 110 Å². The Kier molecular flexibility index (Phi) is 8.42. The number of hydrogen-bond acceptors (Lipinski definition) is 10. The van der Waals surface area contributed by atoms with Crippen LogP contribution in [0.15, 0.2) is 30.4 Å². The third-order valence-electron chi connectivity index (χ3n) is 7.80. The van der Waals surface area contributed by atoms with Crippen LogP contribution in [0.25, 0.3) is 0 Å². The zero-order valence-electron chi connectivity index (χ0n) is 21.7. The molecular formula is C26H35N3O10. The number of nitrogens with one attached hydrogen (secondary N) is 1. The van der Waals surface area contributed by atoms with Gasteiger partial charge in [0.2, 0.25) is 5.91 Å². The second-order valence-electron chi connectivity index (χ2n) is 10.3. The first-order chi connectivity index (χ1) is 18.4. The molecule has 2 saturated heterocycles. The molecule has 8 atom stereocenters. The van der Waals surface area contributed by atoms with Crippen LogP contribution in [0.1, 0.15) is 31.7 Å². The molecule has 214 valence electrons. The molecule has 1 aromatic rings. The molecule has 0 radical (unpaired) electrons.